The molecular formula is C18H38N2O5S. The third-order valence-electron chi connectivity index (χ3n) is 3.09. The van der Waals surface area contributed by atoms with Gasteiger partial charge in [-0.1, -0.05) is 45.1 Å². The highest BCUT2D eigenvalue weighted by Gasteiger charge is 1.97. The number of nitrogens with one attached hydrogen (secondary N) is 2. The highest BCUT2D eigenvalue weighted by atomic mass is 32.3. The average Bonchev–Trinajstić information content (AvgIpc) is 2.51. The van der Waals surface area contributed by atoms with E-state index in [0.717, 1.165) is 12.8 Å². The summed E-state index contributed by atoms with van der Waals surface area (Å²) in [6.07, 6.45) is 12.7. The Morgan fingerprint density at radius 2 is 1.62 bits per heavy atom. The fourth-order valence-corrected chi connectivity index (χ4v) is 2.21. The number of unbranched alkanes of at least 4 members (excludes halogenated alkanes) is 7. The fourth-order valence-electron chi connectivity index (χ4n) is 1.89. The van der Waals surface area contributed by atoms with Gasteiger partial charge in [0.1, 0.15) is 0 Å². The van der Waals surface area contributed by atoms with E-state index in [1.54, 1.807) is 0 Å². The van der Waals surface area contributed by atoms with Gasteiger partial charge in [0.2, 0.25) is 16.3 Å². The van der Waals surface area contributed by atoms with Gasteiger partial charge in [-0.2, -0.15) is 0 Å². The summed E-state index contributed by atoms with van der Waals surface area (Å²) in [5.41, 5.74) is 0. The largest absolute Gasteiger partial charge is 0.726 e. The molecule has 26 heavy (non-hydrogen) atoms. The first-order chi connectivity index (χ1) is 12.2. The second-order valence-electron chi connectivity index (χ2n) is 6.69. The number of rotatable bonds is 14. The maximum Gasteiger partial charge on any atom is 0.243 e. The lowest BCUT2D eigenvalue weighted by atomic mass is 10.1. The molecule has 0 heterocycles. The van der Waals surface area contributed by atoms with E-state index in [-0.39, 0.29) is 12.5 Å². The molecule has 0 aliphatic carbocycles. The van der Waals surface area contributed by atoms with E-state index in [4.69, 9.17) is 0 Å². The van der Waals surface area contributed by atoms with Gasteiger partial charge in [-0.05, 0) is 31.8 Å². The fraction of sp³-hybridized carbons (Fsp3) is 0.833. The summed E-state index contributed by atoms with van der Waals surface area (Å²) in [5.74, 6) is -0.150. The molecule has 0 unspecified atom stereocenters. The van der Waals surface area contributed by atoms with Gasteiger partial charge in [0.05, 0.1) is 27.7 Å². The zero-order chi connectivity index (χ0) is 20.3. The molecule has 0 atom stereocenters. The normalized spacial score (nSPS) is 11.5. The molecular weight excluding hydrogens is 356 g/mol. The molecule has 0 aromatic rings. The van der Waals surface area contributed by atoms with Crippen LogP contribution in [0.15, 0.2) is 12.2 Å². The number of quaternary nitrogens is 1. The van der Waals surface area contributed by atoms with E-state index in [9.17, 15) is 17.8 Å². The first-order valence-corrected chi connectivity index (χ1v) is 10.8. The molecule has 7 nitrogen and oxygen atoms in total. The molecule has 8 heteroatoms. The Morgan fingerprint density at radius 1 is 1.04 bits per heavy atom. The number of amides is 1. The smallest absolute Gasteiger partial charge is 0.243 e. The van der Waals surface area contributed by atoms with Crippen LogP contribution in [0.3, 0.4) is 0 Å². The molecule has 2 N–H and O–H groups in total. The first-order valence-electron chi connectivity index (χ1n) is 9.50. The minimum atomic E-state index is -4.60. The minimum Gasteiger partial charge on any atom is -0.726 e. The van der Waals surface area contributed by atoms with Crippen LogP contribution in [0.4, 0.5) is 0 Å². The van der Waals surface area contributed by atoms with E-state index in [2.05, 4.69) is 37.6 Å². The Bertz CT molecular complexity index is 448. The van der Waals surface area contributed by atoms with Crippen molar-refractivity contribution in [1.29, 1.82) is 0 Å². The van der Waals surface area contributed by atoms with Gasteiger partial charge in [0.25, 0.3) is 0 Å². The summed E-state index contributed by atoms with van der Waals surface area (Å²) >= 11 is 0. The Labute approximate surface area is 160 Å². The maximum absolute atomic E-state index is 11.4. The van der Waals surface area contributed by atoms with Crippen LogP contribution in [-0.2, 0) is 19.4 Å². The molecule has 0 aliphatic heterocycles. The van der Waals surface area contributed by atoms with Crippen molar-refractivity contribution in [3.63, 3.8) is 0 Å². The number of hydrogen-bond acceptors (Lipinski definition) is 5. The quantitative estimate of drug-likeness (QED) is 0.201. The molecule has 0 aromatic carbocycles. The van der Waals surface area contributed by atoms with Gasteiger partial charge in [-0.25, -0.2) is 8.42 Å². The highest BCUT2D eigenvalue weighted by Crippen LogP contribution is 2.07. The van der Waals surface area contributed by atoms with E-state index < -0.39 is 10.4 Å². The highest BCUT2D eigenvalue weighted by molar-refractivity contribution is 7.80. The predicted molar refractivity (Wildman–Crippen MR) is 104 cm³/mol. The Balaban J connectivity index is 0. The first kappa shape index (κ1) is 27.3. The molecule has 0 bridgehead atoms. The van der Waals surface area contributed by atoms with E-state index >= 15 is 0 Å². The second-order valence-corrected chi connectivity index (χ2v) is 7.74. The standard InChI is InChI=1S/C15H29NO5S.C3H9N/c1-2-3-4-5-6-7-8-9-12-15(17)16-13-10-11-14-21-22(18,19)20;1-4(2)3/h9,12H,2-8,10-11,13-14H2,1H3,(H,16,17)(H,18,19,20);1-3H3. The number of hydrogen-bond donors (Lipinski definition) is 2. The summed E-state index contributed by atoms with van der Waals surface area (Å²) in [7, 11) is 1.65. The van der Waals surface area contributed by atoms with Crippen LogP contribution in [0.2, 0.25) is 0 Å². The molecule has 0 aliphatic rings. The molecule has 0 radical (unpaired) electrons. The lowest BCUT2D eigenvalue weighted by Crippen LogP contribution is -3.02. The van der Waals surface area contributed by atoms with Crippen LogP contribution in [0, 0.1) is 0 Å². The zero-order valence-corrected chi connectivity index (χ0v) is 17.7. The average molecular weight is 395 g/mol. The van der Waals surface area contributed by atoms with Crippen molar-refractivity contribution in [2.75, 3.05) is 34.3 Å². The van der Waals surface area contributed by atoms with E-state index in [1.165, 1.54) is 43.1 Å². The topological polar surface area (TPSA) is 100.0 Å². The maximum atomic E-state index is 11.4. The molecule has 0 fully saturated rings. The third kappa shape index (κ3) is 30.9. The van der Waals surface area contributed by atoms with Crippen LogP contribution < -0.4 is 10.2 Å². The molecule has 0 rings (SSSR count). The van der Waals surface area contributed by atoms with Gasteiger partial charge in [0.15, 0.2) is 0 Å². The number of allylic oxidation sites excluding steroid dienone is 1. The SMILES string of the molecule is CCCCCCCCC=CC(=O)NCCCCOS(=O)(=O)[O-].C[NH+](C)C. The molecule has 0 saturated heterocycles. The van der Waals surface area contributed by atoms with Crippen molar-refractivity contribution in [3.8, 4) is 0 Å². The van der Waals surface area contributed by atoms with E-state index in [0.29, 0.717) is 19.4 Å². The zero-order valence-electron chi connectivity index (χ0n) is 16.9. The van der Waals surface area contributed by atoms with Gasteiger partial charge in [0, 0.05) is 6.54 Å². The van der Waals surface area contributed by atoms with Crippen LogP contribution in [0.1, 0.15) is 64.7 Å². The Kier molecular flexibility index (Phi) is 19.7. The van der Waals surface area contributed by atoms with Crippen molar-refractivity contribution in [1.82, 2.24) is 5.32 Å². The van der Waals surface area contributed by atoms with Crippen molar-refractivity contribution >= 4 is 16.3 Å². The minimum absolute atomic E-state index is 0.143. The van der Waals surface area contributed by atoms with Gasteiger partial charge in [-0.3, -0.25) is 8.98 Å². The summed E-state index contributed by atoms with van der Waals surface area (Å²) in [5, 5.41) is 2.69. The number of carbonyl (C=O) groups is 1. The predicted octanol–water partition coefficient (Wildman–Crippen LogP) is 1.43. The molecule has 0 spiro atoms. The Hall–Kier alpha value is -0.960. The van der Waals surface area contributed by atoms with Gasteiger partial charge < -0.3 is 14.8 Å². The van der Waals surface area contributed by atoms with Gasteiger partial charge >= 0.3 is 0 Å². The lowest BCUT2D eigenvalue weighted by Gasteiger charge is -2.07. The molecule has 0 saturated carbocycles. The van der Waals surface area contributed by atoms with Crippen LogP contribution in [0.25, 0.3) is 0 Å². The van der Waals surface area contributed by atoms with Crippen molar-refractivity contribution in [2.45, 2.75) is 64.7 Å². The summed E-state index contributed by atoms with van der Waals surface area (Å²) in [6, 6.07) is 0. The monoisotopic (exact) mass is 394 g/mol. The number of carbonyl (C=O) groups excluding carboxylic acids is 1. The van der Waals surface area contributed by atoms with Crippen molar-refractivity contribution in [2.24, 2.45) is 0 Å². The van der Waals surface area contributed by atoms with Crippen LogP contribution in [-0.4, -0.2) is 53.2 Å². The lowest BCUT2D eigenvalue weighted by molar-refractivity contribution is -0.836. The van der Waals surface area contributed by atoms with Crippen LogP contribution >= 0.6 is 0 Å². The van der Waals surface area contributed by atoms with Gasteiger partial charge in [-0.15, -0.1) is 0 Å². The van der Waals surface area contributed by atoms with Crippen molar-refractivity contribution in [3.05, 3.63) is 12.2 Å². The summed E-state index contributed by atoms with van der Waals surface area (Å²) < 4.78 is 34.5. The second kappa shape index (κ2) is 18.8. The molecule has 156 valence electrons. The molecule has 0 aromatic heterocycles. The summed E-state index contributed by atoms with van der Waals surface area (Å²) in [4.78, 5) is 12.9. The van der Waals surface area contributed by atoms with Crippen LogP contribution in [0.5, 0.6) is 0 Å². The summed E-state index contributed by atoms with van der Waals surface area (Å²) in [6.45, 7) is 2.48. The Morgan fingerprint density at radius 3 is 2.19 bits per heavy atom. The molecule has 1 amide bonds. The third-order valence-corrected chi connectivity index (χ3v) is 3.55. The van der Waals surface area contributed by atoms with Crippen molar-refractivity contribution < 1.29 is 26.8 Å². The van der Waals surface area contributed by atoms with E-state index in [1.807, 2.05) is 6.08 Å².